The monoisotopic (exact) mass is 942 g/mol. The van der Waals surface area contributed by atoms with Gasteiger partial charge in [0.2, 0.25) is 0 Å². The van der Waals surface area contributed by atoms with Crippen LogP contribution in [0.15, 0.2) is 97.2 Å². The van der Waals surface area contributed by atoms with Gasteiger partial charge in [-0.25, -0.2) is 0 Å². The fraction of sp³-hybridized carbons (Fsp3) is 0.679. The van der Waals surface area contributed by atoms with Crippen LogP contribution in [0.5, 0.6) is 0 Å². The van der Waals surface area contributed by atoms with Crippen LogP contribution in [0.3, 0.4) is 0 Å². The number of hydrogen-bond acceptors (Lipinski definition) is 8. The summed E-state index contributed by atoms with van der Waals surface area (Å²) in [6.45, 7) is 4.08. The lowest BCUT2D eigenvalue weighted by Crippen LogP contribution is -2.37. The Bertz CT molecular complexity index is 1440. The minimum atomic E-state index is -4.64. The molecule has 0 saturated heterocycles. The van der Waals surface area contributed by atoms with Gasteiger partial charge < -0.3 is 27.9 Å². The van der Waals surface area contributed by atoms with Crippen LogP contribution >= 0.6 is 7.82 Å². The zero-order chi connectivity index (χ0) is 48.5. The SMILES string of the molecule is CC/C=C\C/C=C\C/C=C\C/C=C\C/C=C\C/C=C\C/C=C\C/C=C\CCCCCCCCC(=O)OC(COC(=O)CCCCCCCCCCCCC)COP(=O)([O-])OCC[N+](C)(C)C. The Hall–Kier alpha value is -3.07. The van der Waals surface area contributed by atoms with Gasteiger partial charge in [0, 0.05) is 12.8 Å². The first-order valence-corrected chi connectivity index (χ1v) is 27.4. The topological polar surface area (TPSA) is 111 Å². The predicted octanol–water partition coefficient (Wildman–Crippen LogP) is 15.1. The molecule has 10 heteroatoms. The number of allylic oxidation sites excluding steroid dienone is 16. The molecule has 9 nitrogen and oxygen atoms in total. The first kappa shape index (κ1) is 62.9. The van der Waals surface area contributed by atoms with Crippen LogP contribution in [0, 0.1) is 0 Å². The molecule has 0 heterocycles. The largest absolute Gasteiger partial charge is 0.756 e. The maximum Gasteiger partial charge on any atom is 0.306 e. The van der Waals surface area contributed by atoms with Crippen molar-refractivity contribution in [2.45, 2.75) is 200 Å². The summed E-state index contributed by atoms with van der Waals surface area (Å²) in [6.07, 6.45) is 63.0. The number of carbonyl (C=O) groups is 2. The summed E-state index contributed by atoms with van der Waals surface area (Å²) in [5.74, 6) is -0.857. The van der Waals surface area contributed by atoms with Crippen LogP contribution < -0.4 is 4.89 Å². The van der Waals surface area contributed by atoms with Crippen molar-refractivity contribution in [3.05, 3.63) is 97.2 Å². The number of hydrogen-bond donors (Lipinski definition) is 0. The average Bonchev–Trinajstić information content (AvgIpc) is 3.27. The number of ether oxygens (including phenoxy) is 2. The highest BCUT2D eigenvalue weighted by Crippen LogP contribution is 2.38. The molecule has 0 N–H and O–H groups in total. The standard InChI is InChI=1S/C56H96NO8P/c1-6-8-10-12-14-16-18-19-20-21-22-23-24-25-26-27-28-29-30-31-32-33-34-35-36-37-39-41-43-45-47-49-56(59)65-54(53-64-66(60,61)63-51-50-57(3,4)5)52-62-55(58)48-46-44-42-40-38-17-15-13-11-9-7-2/h8,10,14,16,19-20,22-23,25-26,28-29,31-32,34-35,54H,6-7,9,11-13,15,17-18,21,24,27,30,33,36-53H2,1-5H3/b10-8-,16-14-,20-19-,23-22-,26-25-,29-28-,32-31-,35-34-. The van der Waals surface area contributed by atoms with Crippen molar-refractivity contribution in [3.8, 4) is 0 Å². The molecule has 378 valence electrons. The number of esters is 2. The van der Waals surface area contributed by atoms with Crippen LogP contribution in [0.2, 0.25) is 0 Å². The van der Waals surface area contributed by atoms with E-state index in [1.54, 1.807) is 0 Å². The quantitative estimate of drug-likeness (QED) is 0.0195. The molecule has 0 aromatic rings. The van der Waals surface area contributed by atoms with Crippen molar-refractivity contribution < 1.29 is 42.1 Å². The van der Waals surface area contributed by atoms with Crippen LogP contribution in [0.4, 0.5) is 0 Å². The summed E-state index contributed by atoms with van der Waals surface area (Å²) in [7, 11) is 1.14. The minimum Gasteiger partial charge on any atom is -0.756 e. The maximum atomic E-state index is 12.7. The highest BCUT2D eigenvalue weighted by atomic mass is 31.2. The van der Waals surface area contributed by atoms with E-state index in [-0.39, 0.29) is 26.1 Å². The third-order valence-corrected chi connectivity index (χ3v) is 11.6. The minimum absolute atomic E-state index is 0.0379. The van der Waals surface area contributed by atoms with Crippen molar-refractivity contribution in [3.63, 3.8) is 0 Å². The van der Waals surface area contributed by atoms with Crippen molar-refractivity contribution in [1.29, 1.82) is 0 Å². The van der Waals surface area contributed by atoms with E-state index in [2.05, 4.69) is 111 Å². The molecule has 0 fully saturated rings. The molecule has 0 saturated carbocycles. The molecule has 0 aliphatic rings. The summed E-state index contributed by atoms with van der Waals surface area (Å²) in [5.41, 5.74) is 0. The number of carbonyl (C=O) groups excluding carboxylic acids is 2. The Balaban J connectivity index is 4.22. The van der Waals surface area contributed by atoms with Gasteiger partial charge in [-0.15, -0.1) is 0 Å². The third-order valence-electron chi connectivity index (χ3n) is 10.6. The van der Waals surface area contributed by atoms with Gasteiger partial charge in [0.1, 0.15) is 19.8 Å². The van der Waals surface area contributed by atoms with Crippen LogP contribution in [0.25, 0.3) is 0 Å². The lowest BCUT2D eigenvalue weighted by atomic mass is 10.1. The Morgan fingerprint density at radius 1 is 0.485 bits per heavy atom. The van der Waals surface area contributed by atoms with Gasteiger partial charge in [0.25, 0.3) is 7.82 Å². The zero-order valence-electron chi connectivity index (χ0n) is 42.6. The molecule has 0 rings (SSSR count). The first-order valence-electron chi connectivity index (χ1n) is 25.9. The molecule has 0 aromatic heterocycles. The molecule has 0 aliphatic heterocycles. The number of likely N-dealkylation sites (N-methyl/N-ethyl adjacent to an activating group) is 1. The van der Waals surface area contributed by atoms with E-state index in [0.717, 1.165) is 109 Å². The van der Waals surface area contributed by atoms with Gasteiger partial charge in [0.15, 0.2) is 6.10 Å². The smallest absolute Gasteiger partial charge is 0.306 e. The molecule has 0 aromatic carbocycles. The Morgan fingerprint density at radius 3 is 1.29 bits per heavy atom. The van der Waals surface area contributed by atoms with Crippen LogP contribution in [-0.4, -0.2) is 70.0 Å². The van der Waals surface area contributed by atoms with Gasteiger partial charge in [-0.2, -0.15) is 0 Å². The maximum absolute atomic E-state index is 12.7. The number of phosphoric acid groups is 1. The summed E-state index contributed by atoms with van der Waals surface area (Å²) >= 11 is 0. The predicted molar refractivity (Wildman–Crippen MR) is 277 cm³/mol. The molecule has 0 bridgehead atoms. The van der Waals surface area contributed by atoms with Crippen molar-refractivity contribution in [2.24, 2.45) is 0 Å². The van der Waals surface area contributed by atoms with Gasteiger partial charge in [0.05, 0.1) is 27.7 Å². The first-order chi connectivity index (χ1) is 32.0. The van der Waals surface area contributed by atoms with Gasteiger partial charge in [-0.1, -0.05) is 201 Å². The highest BCUT2D eigenvalue weighted by molar-refractivity contribution is 7.45. The summed E-state index contributed by atoms with van der Waals surface area (Å²) in [4.78, 5) is 37.6. The zero-order valence-corrected chi connectivity index (χ0v) is 43.5. The number of unbranched alkanes of at least 4 members (excludes halogenated alkanes) is 16. The van der Waals surface area contributed by atoms with E-state index in [9.17, 15) is 19.0 Å². The summed E-state index contributed by atoms with van der Waals surface area (Å²) < 4.78 is 34.0. The molecule has 0 spiro atoms. The number of phosphoric ester groups is 1. The normalized spacial score (nSPS) is 14.2. The lowest BCUT2D eigenvalue weighted by molar-refractivity contribution is -0.870. The number of nitrogens with zero attached hydrogens (tertiary/aromatic N) is 1. The van der Waals surface area contributed by atoms with E-state index in [0.29, 0.717) is 17.4 Å². The Morgan fingerprint density at radius 2 is 0.864 bits per heavy atom. The van der Waals surface area contributed by atoms with Crippen LogP contribution in [0.1, 0.15) is 194 Å². The lowest BCUT2D eigenvalue weighted by Gasteiger charge is -2.28. The molecule has 0 radical (unpaired) electrons. The molecule has 0 aliphatic carbocycles. The van der Waals surface area contributed by atoms with Crippen molar-refractivity contribution in [2.75, 3.05) is 47.5 Å². The Labute approximate surface area is 404 Å². The fourth-order valence-electron chi connectivity index (χ4n) is 6.61. The van der Waals surface area contributed by atoms with Crippen molar-refractivity contribution >= 4 is 19.8 Å². The van der Waals surface area contributed by atoms with E-state index < -0.39 is 32.5 Å². The second kappa shape index (κ2) is 47.0. The summed E-state index contributed by atoms with van der Waals surface area (Å²) in [6, 6.07) is 0. The van der Waals surface area contributed by atoms with E-state index in [1.807, 2.05) is 21.1 Å². The number of quaternary nitrogens is 1. The molecular formula is C56H96NO8P. The molecule has 66 heavy (non-hydrogen) atoms. The Kier molecular flexibility index (Phi) is 44.8. The van der Waals surface area contributed by atoms with Gasteiger partial charge >= 0.3 is 11.9 Å². The van der Waals surface area contributed by atoms with E-state index >= 15 is 0 Å². The van der Waals surface area contributed by atoms with Gasteiger partial charge in [-0.3, -0.25) is 14.2 Å². The van der Waals surface area contributed by atoms with Crippen molar-refractivity contribution in [1.82, 2.24) is 0 Å². The van der Waals surface area contributed by atoms with Gasteiger partial charge in [-0.05, 0) is 77.0 Å². The number of rotatable bonds is 46. The second-order valence-corrected chi connectivity index (χ2v) is 19.6. The molecule has 2 unspecified atom stereocenters. The third kappa shape index (κ3) is 50.3. The summed E-state index contributed by atoms with van der Waals surface area (Å²) in [5, 5.41) is 0. The second-order valence-electron chi connectivity index (χ2n) is 18.2. The van der Waals surface area contributed by atoms with E-state index in [4.69, 9.17) is 18.5 Å². The average molecular weight is 942 g/mol. The van der Waals surface area contributed by atoms with E-state index in [1.165, 1.54) is 51.4 Å². The molecule has 0 amide bonds. The van der Waals surface area contributed by atoms with Crippen LogP contribution in [-0.2, 0) is 32.7 Å². The molecular weight excluding hydrogens is 846 g/mol. The molecule has 2 atom stereocenters. The fourth-order valence-corrected chi connectivity index (χ4v) is 7.34. The highest BCUT2D eigenvalue weighted by Gasteiger charge is 2.21.